The van der Waals surface area contributed by atoms with Crippen molar-refractivity contribution in [1.82, 2.24) is 4.98 Å². The minimum atomic E-state index is -0.304. The number of nitrogens with one attached hydrogen (secondary N) is 1. The van der Waals surface area contributed by atoms with Crippen LogP contribution in [0.15, 0.2) is 41.0 Å². The molecule has 1 aromatic heterocycles. The van der Waals surface area contributed by atoms with Gasteiger partial charge in [0, 0.05) is 5.69 Å². The van der Waals surface area contributed by atoms with Crippen molar-refractivity contribution in [2.45, 2.75) is 26.2 Å². The van der Waals surface area contributed by atoms with Crippen molar-refractivity contribution >= 4 is 39.2 Å². The van der Waals surface area contributed by atoms with Crippen LogP contribution in [0.5, 0.6) is 5.75 Å². The highest BCUT2D eigenvalue weighted by molar-refractivity contribution is 9.10. The minimum absolute atomic E-state index is 0.0471. The van der Waals surface area contributed by atoms with E-state index in [2.05, 4.69) is 47.0 Å². The molecule has 1 aliphatic heterocycles. The Hall–Kier alpha value is -2.41. The van der Waals surface area contributed by atoms with Crippen LogP contribution in [-0.4, -0.2) is 29.9 Å². The van der Waals surface area contributed by atoms with Crippen LogP contribution in [0, 0.1) is 0 Å². The van der Waals surface area contributed by atoms with Gasteiger partial charge in [0.2, 0.25) is 5.91 Å². The first-order valence-corrected chi connectivity index (χ1v) is 9.03. The molecule has 0 spiro atoms. The fourth-order valence-electron chi connectivity index (χ4n) is 2.61. The van der Waals surface area contributed by atoms with Crippen molar-refractivity contribution in [2.75, 3.05) is 23.4 Å². The first-order chi connectivity index (χ1) is 12.2. The number of benzene rings is 1. The highest BCUT2D eigenvalue weighted by atomic mass is 79.9. The first-order valence-electron chi connectivity index (χ1n) is 8.24. The molecule has 2 aromatic rings. The van der Waals surface area contributed by atoms with Gasteiger partial charge < -0.3 is 10.1 Å². The maximum absolute atomic E-state index is 12.4. The molecule has 3 rings (SSSR count). The summed E-state index contributed by atoms with van der Waals surface area (Å²) in [6.07, 6.45) is 0. The topological polar surface area (TPSA) is 71.5 Å². The lowest BCUT2D eigenvalue weighted by molar-refractivity contribution is -0.123. The van der Waals surface area contributed by atoms with Gasteiger partial charge in [-0.05, 0) is 51.2 Å². The number of hydrogen-bond acceptors (Lipinski definition) is 4. The summed E-state index contributed by atoms with van der Waals surface area (Å²) in [6.45, 7) is 6.16. The van der Waals surface area contributed by atoms with Gasteiger partial charge in [0.15, 0.2) is 18.2 Å². The first kappa shape index (κ1) is 18.4. The van der Waals surface area contributed by atoms with Gasteiger partial charge in [0.05, 0.1) is 0 Å². The summed E-state index contributed by atoms with van der Waals surface area (Å²) in [5, 5.41) is 2.82. The second-order valence-corrected chi connectivity index (χ2v) is 7.91. The summed E-state index contributed by atoms with van der Waals surface area (Å²) < 4.78 is 5.93. The molecule has 0 fully saturated rings. The summed E-state index contributed by atoms with van der Waals surface area (Å²) in [7, 11) is 0. The van der Waals surface area contributed by atoms with E-state index in [1.54, 1.807) is 12.1 Å². The van der Waals surface area contributed by atoms with Gasteiger partial charge in [-0.3, -0.25) is 14.5 Å². The largest absolute Gasteiger partial charge is 0.480 e. The van der Waals surface area contributed by atoms with Gasteiger partial charge in [0.1, 0.15) is 11.1 Å². The number of halogens is 1. The van der Waals surface area contributed by atoms with E-state index >= 15 is 0 Å². The molecule has 2 heterocycles. The van der Waals surface area contributed by atoms with Crippen LogP contribution >= 0.6 is 15.9 Å². The number of aromatic nitrogens is 1. The molecular formula is C19H20BrN3O3. The number of nitrogens with zero attached hydrogens (tertiary/aromatic N) is 2. The predicted octanol–water partition coefficient (Wildman–Crippen LogP) is 3.51. The van der Waals surface area contributed by atoms with E-state index in [-0.39, 0.29) is 30.4 Å². The zero-order valence-corrected chi connectivity index (χ0v) is 16.5. The molecule has 1 N–H and O–H groups in total. The van der Waals surface area contributed by atoms with Gasteiger partial charge in [-0.1, -0.05) is 32.9 Å². The summed E-state index contributed by atoms with van der Waals surface area (Å²) >= 11 is 3.28. The van der Waals surface area contributed by atoms with Crippen LogP contribution in [0.4, 0.5) is 11.5 Å². The van der Waals surface area contributed by atoms with Crippen molar-refractivity contribution in [3.63, 3.8) is 0 Å². The van der Waals surface area contributed by atoms with E-state index in [0.717, 1.165) is 0 Å². The van der Waals surface area contributed by atoms with Crippen LogP contribution in [0.2, 0.25) is 0 Å². The Kier molecular flexibility index (Phi) is 5.00. The normalized spacial score (nSPS) is 13.8. The molecule has 0 unspecified atom stereocenters. The Labute approximate surface area is 160 Å². The molecule has 0 saturated heterocycles. The maximum Gasteiger partial charge on any atom is 0.266 e. The lowest BCUT2D eigenvalue weighted by Crippen LogP contribution is -2.44. The van der Waals surface area contributed by atoms with Crippen LogP contribution in [0.3, 0.4) is 0 Å². The summed E-state index contributed by atoms with van der Waals surface area (Å²) in [6, 6.07) is 11.1. The summed E-state index contributed by atoms with van der Waals surface area (Å²) in [5.74, 6) is 0.224. The number of anilines is 2. The molecule has 0 aliphatic carbocycles. The third-order valence-corrected chi connectivity index (χ3v) is 4.49. The summed E-state index contributed by atoms with van der Waals surface area (Å²) in [4.78, 5) is 30.2. The van der Waals surface area contributed by atoms with Crippen LogP contribution in [0.25, 0.3) is 0 Å². The lowest BCUT2D eigenvalue weighted by atomic mass is 9.87. The van der Waals surface area contributed by atoms with E-state index in [1.807, 2.05) is 24.3 Å². The Balaban J connectivity index is 1.72. The zero-order chi connectivity index (χ0) is 18.9. The molecule has 6 nitrogen and oxygen atoms in total. The van der Waals surface area contributed by atoms with Crippen LogP contribution < -0.4 is 15.0 Å². The van der Waals surface area contributed by atoms with Gasteiger partial charge in [-0.15, -0.1) is 0 Å². The second-order valence-electron chi connectivity index (χ2n) is 7.10. The smallest absolute Gasteiger partial charge is 0.266 e. The molecule has 1 aromatic carbocycles. The minimum Gasteiger partial charge on any atom is -0.480 e. The molecule has 0 bridgehead atoms. The quantitative estimate of drug-likeness (QED) is 0.775. The van der Waals surface area contributed by atoms with E-state index in [1.165, 1.54) is 10.5 Å². The molecule has 0 radical (unpaired) electrons. The average molecular weight is 418 g/mol. The van der Waals surface area contributed by atoms with Gasteiger partial charge >= 0.3 is 0 Å². The number of carbonyl (C=O) groups excluding carboxylic acids is 2. The van der Waals surface area contributed by atoms with Gasteiger partial charge in [-0.2, -0.15) is 0 Å². The van der Waals surface area contributed by atoms with Crippen molar-refractivity contribution in [3.8, 4) is 5.75 Å². The van der Waals surface area contributed by atoms with Crippen molar-refractivity contribution in [3.05, 3.63) is 46.6 Å². The average Bonchev–Trinajstić information content (AvgIpc) is 2.57. The number of amides is 2. The zero-order valence-electron chi connectivity index (χ0n) is 14.9. The Morgan fingerprint density at radius 1 is 1.23 bits per heavy atom. The molecule has 7 heteroatoms. The van der Waals surface area contributed by atoms with Crippen LogP contribution in [-0.2, 0) is 15.0 Å². The second kappa shape index (κ2) is 7.07. The number of carbonyl (C=O) groups is 2. The number of hydrogen-bond donors (Lipinski definition) is 1. The third kappa shape index (κ3) is 4.04. The maximum atomic E-state index is 12.4. The van der Waals surface area contributed by atoms with Gasteiger partial charge in [-0.25, -0.2) is 4.98 Å². The molecule has 1 aliphatic rings. The molecule has 0 saturated carbocycles. The monoisotopic (exact) mass is 417 g/mol. The lowest BCUT2D eigenvalue weighted by Gasteiger charge is -2.27. The Morgan fingerprint density at radius 2 is 1.92 bits per heavy atom. The van der Waals surface area contributed by atoms with Crippen LogP contribution in [0.1, 0.15) is 26.3 Å². The number of rotatable bonds is 3. The molecule has 136 valence electrons. The molecule has 26 heavy (non-hydrogen) atoms. The molecular weight excluding hydrogens is 398 g/mol. The predicted molar refractivity (Wildman–Crippen MR) is 104 cm³/mol. The molecule has 2 amide bonds. The number of ether oxygens (including phenoxy) is 1. The molecule has 0 atom stereocenters. The Bertz CT molecular complexity index is 844. The fourth-order valence-corrected chi connectivity index (χ4v) is 2.91. The van der Waals surface area contributed by atoms with Gasteiger partial charge in [0.25, 0.3) is 5.91 Å². The van der Waals surface area contributed by atoms with E-state index in [9.17, 15) is 9.59 Å². The highest BCUT2D eigenvalue weighted by Gasteiger charge is 2.29. The number of fused-ring (bicyclic) bond motifs is 1. The SMILES string of the molecule is CC(C)(C)c1ccc(NC(=O)CN2C(=O)COc3ccc(Br)nc32)cc1. The van der Waals surface area contributed by atoms with E-state index in [0.29, 0.717) is 21.9 Å². The number of pyridine rings is 1. The van der Waals surface area contributed by atoms with E-state index < -0.39 is 0 Å². The summed E-state index contributed by atoms with van der Waals surface area (Å²) in [5.41, 5.74) is 1.92. The van der Waals surface area contributed by atoms with Crippen molar-refractivity contribution < 1.29 is 14.3 Å². The van der Waals surface area contributed by atoms with Crippen molar-refractivity contribution in [2.24, 2.45) is 0 Å². The van der Waals surface area contributed by atoms with E-state index in [4.69, 9.17) is 4.74 Å². The standard InChI is InChI=1S/C19H20BrN3O3/c1-19(2,3)12-4-6-13(7-5-12)21-16(24)10-23-17(25)11-26-14-8-9-15(20)22-18(14)23/h4-9H,10-11H2,1-3H3,(H,21,24). The van der Waals surface area contributed by atoms with Crippen molar-refractivity contribution in [1.29, 1.82) is 0 Å². The third-order valence-electron chi connectivity index (χ3n) is 4.05. The Morgan fingerprint density at radius 3 is 2.58 bits per heavy atom. The highest BCUT2D eigenvalue weighted by Crippen LogP contribution is 2.31. The fraction of sp³-hybridized carbons (Fsp3) is 0.316.